The number of hydrogen-bond donors (Lipinski definition) is 1. The molecule has 3 fully saturated rings. The quantitative estimate of drug-likeness (QED) is 0.777. The van der Waals surface area contributed by atoms with Gasteiger partial charge in [0.25, 0.3) is 0 Å². The van der Waals surface area contributed by atoms with Crippen molar-refractivity contribution in [3.05, 3.63) is 0 Å². The summed E-state index contributed by atoms with van der Waals surface area (Å²) in [5.41, 5.74) is 0. The fourth-order valence-corrected chi connectivity index (χ4v) is 5.84. The highest BCUT2D eigenvalue weighted by molar-refractivity contribution is 8.03. The van der Waals surface area contributed by atoms with E-state index < -0.39 is 0 Å². The van der Waals surface area contributed by atoms with Gasteiger partial charge < -0.3 is 5.32 Å². The van der Waals surface area contributed by atoms with Crippen molar-refractivity contribution >= 4 is 29.4 Å². The van der Waals surface area contributed by atoms with Gasteiger partial charge in [0.05, 0.1) is 0 Å². The van der Waals surface area contributed by atoms with Crippen molar-refractivity contribution in [1.82, 2.24) is 10.2 Å². The van der Waals surface area contributed by atoms with E-state index in [-0.39, 0.29) is 5.91 Å². The van der Waals surface area contributed by atoms with Gasteiger partial charge in [0.2, 0.25) is 5.91 Å². The molecule has 3 rings (SSSR count). The van der Waals surface area contributed by atoms with Gasteiger partial charge in [-0.05, 0) is 12.8 Å². The van der Waals surface area contributed by atoms with Crippen molar-refractivity contribution in [3.63, 3.8) is 0 Å². The van der Waals surface area contributed by atoms with Gasteiger partial charge in [-0.2, -0.15) is 23.5 Å². The molecule has 0 aromatic heterocycles. The lowest BCUT2D eigenvalue weighted by molar-refractivity contribution is -0.121. The molecule has 0 aromatic carbocycles. The first-order valence-electron chi connectivity index (χ1n) is 6.54. The zero-order chi connectivity index (χ0) is 11.7. The highest BCUT2D eigenvalue weighted by Crippen LogP contribution is 2.33. The van der Waals surface area contributed by atoms with Crippen molar-refractivity contribution < 1.29 is 4.79 Å². The average Bonchev–Trinajstić information content (AvgIpc) is 2.52. The molecule has 0 spiro atoms. The van der Waals surface area contributed by atoms with Gasteiger partial charge in [-0.15, -0.1) is 0 Å². The first-order valence-corrected chi connectivity index (χ1v) is 8.85. The van der Waals surface area contributed by atoms with E-state index in [1.54, 1.807) is 0 Å². The van der Waals surface area contributed by atoms with Crippen LogP contribution in [-0.2, 0) is 4.79 Å². The Balaban J connectivity index is 1.74. The summed E-state index contributed by atoms with van der Waals surface area (Å²) in [4.78, 5) is 14.3. The van der Waals surface area contributed by atoms with Gasteiger partial charge in [0.1, 0.15) is 0 Å². The highest BCUT2D eigenvalue weighted by Gasteiger charge is 2.41. The third kappa shape index (κ3) is 2.61. The fourth-order valence-electron chi connectivity index (χ4n) is 3.29. The van der Waals surface area contributed by atoms with Gasteiger partial charge in [0, 0.05) is 54.1 Å². The topological polar surface area (TPSA) is 32.3 Å². The summed E-state index contributed by atoms with van der Waals surface area (Å²) in [6, 6.07) is 1.82. The van der Waals surface area contributed by atoms with Crippen LogP contribution in [0.4, 0.5) is 0 Å². The van der Waals surface area contributed by atoms with Gasteiger partial charge in [-0.1, -0.05) is 0 Å². The molecular formula is C12H20N2OS2. The molecule has 2 atom stereocenters. The second kappa shape index (κ2) is 5.41. The minimum absolute atomic E-state index is 0.260. The number of carbonyl (C=O) groups excluding carboxylic acids is 1. The molecule has 0 radical (unpaired) electrons. The predicted octanol–water partition coefficient (Wildman–Crippen LogP) is 1.19. The van der Waals surface area contributed by atoms with Gasteiger partial charge in [0.15, 0.2) is 0 Å². The number of nitrogens with zero attached hydrogens (tertiary/aromatic N) is 1. The van der Waals surface area contributed by atoms with E-state index in [1.165, 1.54) is 35.9 Å². The van der Waals surface area contributed by atoms with E-state index >= 15 is 0 Å². The lowest BCUT2D eigenvalue weighted by atomic mass is 10.1. The maximum absolute atomic E-state index is 11.6. The molecule has 0 aliphatic carbocycles. The van der Waals surface area contributed by atoms with E-state index in [9.17, 15) is 4.79 Å². The van der Waals surface area contributed by atoms with Gasteiger partial charge >= 0.3 is 0 Å². The average molecular weight is 272 g/mol. The molecule has 5 heteroatoms. The molecule has 0 saturated carbocycles. The standard InChI is InChI=1S/C12H20N2OS2/c15-12-5-9-1-2-10(6-13-12)14(9)11-7-16-3-4-17-8-11/h9-11H,1-8H2,(H,13,15)/t9-,10+/m0/s1. The molecule has 1 N–H and O–H groups in total. The summed E-state index contributed by atoms with van der Waals surface area (Å²) in [7, 11) is 0. The third-order valence-corrected chi connectivity index (χ3v) is 6.53. The monoisotopic (exact) mass is 272 g/mol. The van der Waals surface area contributed by atoms with Crippen LogP contribution < -0.4 is 5.32 Å². The number of rotatable bonds is 1. The van der Waals surface area contributed by atoms with Crippen LogP contribution in [0.2, 0.25) is 0 Å². The summed E-state index contributed by atoms with van der Waals surface area (Å²) < 4.78 is 0. The molecule has 2 bridgehead atoms. The zero-order valence-electron chi connectivity index (χ0n) is 10.1. The first kappa shape index (κ1) is 12.2. The van der Waals surface area contributed by atoms with E-state index in [4.69, 9.17) is 0 Å². The summed E-state index contributed by atoms with van der Waals surface area (Å²) in [5.74, 6) is 5.36. The Morgan fingerprint density at radius 1 is 1.06 bits per heavy atom. The highest BCUT2D eigenvalue weighted by atomic mass is 32.2. The lowest BCUT2D eigenvalue weighted by Gasteiger charge is -2.34. The molecule has 3 nitrogen and oxygen atoms in total. The Bertz CT molecular complexity index is 292. The van der Waals surface area contributed by atoms with Crippen molar-refractivity contribution in [1.29, 1.82) is 0 Å². The van der Waals surface area contributed by atoms with E-state index in [1.807, 2.05) is 0 Å². The lowest BCUT2D eigenvalue weighted by Crippen LogP contribution is -2.47. The van der Waals surface area contributed by atoms with Crippen LogP contribution >= 0.6 is 23.5 Å². The SMILES string of the molecule is O=C1C[C@@H]2CC[C@H](CN1)N2C1CSCCSC1. The fraction of sp³-hybridized carbons (Fsp3) is 0.917. The van der Waals surface area contributed by atoms with Crippen molar-refractivity contribution in [3.8, 4) is 0 Å². The molecule has 17 heavy (non-hydrogen) atoms. The van der Waals surface area contributed by atoms with Crippen LogP contribution in [0.3, 0.4) is 0 Å². The summed E-state index contributed by atoms with van der Waals surface area (Å²) in [6.45, 7) is 0.876. The van der Waals surface area contributed by atoms with E-state index in [0.29, 0.717) is 18.1 Å². The number of fused-ring (bicyclic) bond motifs is 2. The van der Waals surface area contributed by atoms with Gasteiger partial charge in [-0.25, -0.2) is 0 Å². The van der Waals surface area contributed by atoms with Crippen LogP contribution in [0.25, 0.3) is 0 Å². The van der Waals surface area contributed by atoms with Gasteiger partial charge in [-0.3, -0.25) is 9.69 Å². The van der Waals surface area contributed by atoms with Crippen LogP contribution in [0.5, 0.6) is 0 Å². The molecule has 0 unspecified atom stereocenters. The number of nitrogens with one attached hydrogen (secondary N) is 1. The summed E-state index contributed by atoms with van der Waals surface area (Å²) in [6.07, 6.45) is 3.23. The summed E-state index contributed by atoms with van der Waals surface area (Å²) in [5, 5.41) is 3.07. The zero-order valence-corrected chi connectivity index (χ0v) is 11.7. The summed E-state index contributed by atoms with van der Waals surface area (Å²) >= 11 is 4.18. The van der Waals surface area contributed by atoms with Crippen LogP contribution in [0.15, 0.2) is 0 Å². The number of amides is 1. The largest absolute Gasteiger partial charge is 0.354 e. The number of thioether (sulfide) groups is 2. The van der Waals surface area contributed by atoms with Crippen LogP contribution in [0.1, 0.15) is 19.3 Å². The Morgan fingerprint density at radius 3 is 2.53 bits per heavy atom. The first-order chi connectivity index (χ1) is 8.34. The second-order valence-electron chi connectivity index (χ2n) is 5.14. The minimum Gasteiger partial charge on any atom is -0.354 e. The predicted molar refractivity (Wildman–Crippen MR) is 74.7 cm³/mol. The van der Waals surface area contributed by atoms with Crippen molar-refractivity contribution in [2.75, 3.05) is 29.6 Å². The van der Waals surface area contributed by atoms with Crippen LogP contribution in [0, 0.1) is 0 Å². The Hall–Kier alpha value is 0.130. The maximum Gasteiger partial charge on any atom is 0.221 e. The Kier molecular flexibility index (Phi) is 3.87. The smallest absolute Gasteiger partial charge is 0.221 e. The molecule has 0 aromatic rings. The normalized spacial score (nSPS) is 36.4. The van der Waals surface area contributed by atoms with Crippen LogP contribution in [-0.4, -0.2) is 58.5 Å². The Morgan fingerprint density at radius 2 is 1.76 bits per heavy atom. The number of carbonyl (C=O) groups is 1. The molecular weight excluding hydrogens is 252 g/mol. The van der Waals surface area contributed by atoms with E-state index in [2.05, 4.69) is 33.7 Å². The maximum atomic E-state index is 11.6. The molecule has 1 amide bonds. The third-order valence-electron chi connectivity index (χ3n) is 4.05. The molecule has 3 heterocycles. The van der Waals surface area contributed by atoms with Crippen molar-refractivity contribution in [2.45, 2.75) is 37.4 Å². The molecule has 96 valence electrons. The van der Waals surface area contributed by atoms with E-state index in [0.717, 1.165) is 13.0 Å². The Labute approximate surface area is 111 Å². The second-order valence-corrected chi connectivity index (χ2v) is 7.44. The molecule has 3 aliphatic rings. The number of hydrogen-bond acceptors (Lipinski definition) is 4. The van der Waals surface area contributed by atoms with Crippen molar-refractivity contribution in [2.24, 2.45) is 0 Å². The minimum atomic E-state index is 0.260. The molecule has 3 saturated heterocycles. The molecule has 3 aliphatic heterocycles.